The Bertz CT molecular complexity index is 2020. The molecule has 0 spiro atoms. The molecule has 0 aliphatic rings. The molecule has 0 fully saturated rings. The Morgan fingerprint density at radius 2 is 1.17 bits per heavy atom. The summed E-state index contributed by atoms with van der Waals surface area (Å²) in [7, 11) is 0. The molecule has 0 saturated carbocycles. The normalized spacial score (nSPS) is 11.4. The monoisotopic (exact) mass is 460 g/mol. The maximum atomic E-state index is 9.60. The van der Waals surface area contributed by atoms with E-state index in [1.807, 2.05) is 24.3 Å². The topological polar surface area (TPSA) is 57.5 Å². The summed E-state index contributed by atoms with van der Waals surface area (Å²) < 4.78 is 4.52. The average molecular weight is 461 g/mol. The summed E-state index contributed by atoms with van der Waals surface area (Å²) in [6, 6.07) is 39.6. The van der Waals surface area contributed by atoms with Crippen LogP contribution in [0.25, 0.3) is 55.0 Å². The van der Waals surface area contributed by atoms with Crippen molar-refractivity contribution in [3.63, 3.8) is 0 Å². The van der Waals surface area contributed by atoms with Gasteiger partial charge in [0.15, 0.2) is 0 Å². The van der Waals surface area contributed by atoms with Gasteiger partial charge in [-0.15, -0.1) is 0 Å². The molecule has 7 rings (SSSR count). The van der Waals surface area contributed by atoms with Crippen LogP contribution in [-0.2, 0) is 0 Å². The smallest absolute Gasteiger partial charge is 0.0992 e. The van der Waals surface area contributed by atoms with Crippen LogP contribution in [0.1, 0.15) is 11.1 Å². The minimum Gasteiger partial charge on any atom is -0.309 e. The molecule has 0 bridgehead atoms. The number of rotatable bonds is 3. The van der Waals surface area contributed by atoms with Gasteiger partial charge >= 0.3 is 0 Å². The SMILES string of the molecule is N#Cc1ccc(C=N)c(-n2c3ccccc3c3cc4c(cc32)c2ccccc2n4-c2ccccc2)c1. The molecule has 0 radical (unpaired) electrons. The van der Waals surface area contributed by atoms with Gasteiger partial charge in [-0.1, -0.05) is 60.7 Å². The second-order valence-corrected chi connectivity index (χ2v) is 8.96. The van der Waals surface area contributed by atoms with Crippen molar-refractivity contribution in [2.45, 2.75) is 0 Å². The lowest BCUT2D eigenvalue weighted by Crippen LogP contribution is -2.00. The van der Waals surface area contributed by atoms with E-state index in [0.29, 0.717) is 5.56 Å². The largest absolute Gasteiger partial charge is 0.309 e. The number of nitrogens with zero attached hydrogens (tertiary/aromatic N) is 3. The van der Waals surface area contributed by atoms with Crippen molar-refractivity contribution in [1.29, 1.82) is 10.7 Å². The molecule has 5 aromatic carbocycles. The van der Waals surface area contributed by atoms with Crippen LogP contribution < -0.4 is 0 Å². The van der Waals surface area contributed by atoms with E-state index in [4.69, 9.17) is 5.41 Å². The summed E-state index contributed by atoms with van der Waals surface area (Å²) in [6.45, 7) is 0. The molecular formula is C32H20N4. The third kappa shape index (κ3) is 2.77. The van der Waals surface area contributed by atoms with E-state index in [1.54, 1.807) is 6.07 Å². The van der Waals surface area contributed by atoms with Crippen LogP contribution in [0.15, 0.2) is 109 Å². The fourth-order valence-electron chi connectivity index (χ4n) is 5.47. The molecule has 7 aromatic rings. The van der Waals surface area contributed by atoms with Gasteiger partial charge in [0.2, 0.25) is 0 Å². The van der Waals surface area contributed by atoms with Crippen molar-refractivity contribution >= 4 is 49.8 Å². The highest BCUT2D eigenvalue weighted by atomic mass is 15.0. The average Bonchev–Trinajstić information content (AvgIpc) is 3.44. The van der Waals surface area contributed by atoms with Gasteiger partial charge in [0.25, 0.3) is 0 Å². The summed E-state index contributed by atoms with van der Waals surface area (Å²) in [4.78, 5) is 0. The number of aromatic nitrogens is 2. The summed E-state index contributed by atoms with van der Waals surface area (Å²) in [5.41, 5.74) is 7.71. The zero-order chi connectivity index (χ0) is 24.2. The first-order valence-corrected chi connectivity index (χ1v) is 11.9. The Balaban J connectivity index is 1.69. The Morgan fingerprint density at radius 1 is 0.583 bits per heavy atom. The van der Waals surface area contributed by atoms with Crippen LogP contribution in [0.5, 0.6) is 0 Å². The molecule has 0 unspecified atom stereocenters. The van der Waals surface area contributed by atoms with Gasteiger partial charge in [-0.25, -0.2) is 0 Å². The fraction of sp³-hybridized carbons (Fsp3) is 0. The van der Waals surface area contributed by atoms with E-state index in [-0.39, 0.29) is 0 Å². The highest BCUT2D eigenvalue weighted by molar-refractivity contribution is 6.19. The van der Waals surface area contributed by atoms with Gasteiger partial charge in [0.1, 0.15) is 0 Å². The number of hydrogen-bond donors (Lipinski definition) is 1. The third-order valence-electron chi connectivity index (χ3n) is 7.04. The minimum absolute atomic E-state index is 0.572. The van der Waals surface area contributed by atoms with Crippen molar-refractivity contribution in [1.82, 2.24) is 9.13 Å². The van der Waals surface area contributed by atoms with Crippen LogP contribution in [-0.4, -0.2) is 15.3 Å². The molecule has 0 saturated heterocycles. The lowest BCUT2D eigenvalue weighted by atomic mass is 10.1. The number of hydrogen-bond acceptors (Lipinski definition) is 2. The first-order valence-electron chi connectivity index (χ1n) is 11.9. The first-order chi connectivity index (χ1) is 17.8. The summed E-state index contributed by atoms with van der Waals surface area (Å²) in [5.74, 6) is 0. The van der Waals surface area contributed by atoms with Gasteiger partial charge in [-0.2, -0.15) is 5.26 Å². The predicted molar refractivity (Wildman–Crippen MR) is 148 cm³/mol. The van der Waals surface area contributed by atoms with E-state index in [2.05, 4.69) is 94.1 Å². The molecule has 4 heteroatoms. The van der Waals surface area contributed by atoms with Crippen molar-refractivity contribution < 1.29 is 0 Å². The first kappa shape index (κ1) is 20.3. The van der Waals surface area contributed by atoms with Crippen LogP contribution in [0.3, 0.4) is 0 Å². The molecule has 2 heterocycles. The van der Waals surface area contributed by atoms with Crippen molar-refractivity contribution in [2.24, 2.45) is 0 Å². The van der Waals surface area contributed by atoms with E-state index >= 15 is 0 Å². The lowest BCUT2D eigenvalue weighted by Gasteiger charge is -2.12. The molecule has 0 aliphatic carbocycles. The summed E-state index contributed by atoms with van der Waals surface area (Å²) >= 11 is 0. The number of nitrogens with one attached hydrogen (secondary N) is 1. The highest BCUT2D eigenvalue weighted by Gasteiger charge is 2.19. The molecule has 0 amide bonds. The second-order valence-electron chi connectivity index (χ2n) is 8.96. The maximum absolute atomic E-state index is 9.60. The third-order valence-corrected chi connectivity index (χ3v) is 7.04. The standard InChI is InChI=1S/C32H20N4/c33-19-21-14-15-22(20-34)30(16-21)36-29-13-7-5-11-25(29)27-17-31-26(18-32(27)36)24-10-4-6-12-28(24)35(31)23-8-2-1-3-9-23/h1-18,20,34H. The van der Waals surface area contributed by atoms with Gasteiger partial charge in [-0.3, -0.25) is 0 Å². The molecule has 4 nitrogen and oxygen atoms in total. The Labute approximate surface area is 207 Å². The van der Waals surface area contributed by atoms with Crippen molar-refractivity contribution in [2.75, 3.05) is 0 Å². The molecular weight excluding hydrogens is 440 g/mol. The Kier molecular flexibility index (Phi) is 4.33. The zero-order valence-electron chi connectivity index (χ0n) is 19.3. The molecule has 0 atom stereocenters. The number of para-hydroxylation sites is 3. The van der Waals surface area contributed by atoms with Crippen LogP contribution in [0.4, 0.5) is 0 Å². The molecule has 2 aromatic heterocycles. The molecule has 1 N–H and O–H groups in total. The molecule has 0 aliphatic heterocycles. The van der Waals surface area contributed by atoms with E-state index in [9.17, 15) is 5.26 Å². The fourth-order valence-corrected chi connectivity index (χ4v) is 5.47. The number of nitriles is 1. The van der Waals surface area contributed by atoms with E-state index < -0.39 is 0 Å². The van der Waals surface area contributed by atoms with Crippen LogP contribution in [0.2, 0.25) is 0 Å². The van der Waals surface area contributed by atoms with Crippen LogP contribution >= 0.6 is 0 Å². The van der Waals surface area contributed by atoms with Gasteiger partial charge in [0.05, 0.1) is 39.4 Å². The molecule has 168 valence electrons. The predicted octanol–water partition coefficient (Wildman–Crippen LogP) is 7.75. The lowest BCUT2D eigenvalue weighted by molar-refractivity contribution is 1.17. The number of fused-ring (bicyclic) bond motifs is 6. The quantitative estimate of drug-likeness (QED) is 0.269. The van der Waals surface area contributed by atoms with E-state index in [0.717, 1.165) is 49.8 Å². The van der Waals surface area contributed by atoms with Crippen molar-refractivity contribution in [3.8, 4) is 17.4 Å². The minimum atomic E-state index is 0.572. The summed E-state index contributed by atoms with van der Waals surface area (Å²) in [6.07, 6.45) is 1.36. The summed E-state index contributed by atoms with van der Waals surface area (Å²) in [5, 5.41) is 22.3. The zero-order valence-corrected chi connectivity index (χ0v) is 19.3. The number of benzene rings is 5. The van der Waals surface area contributed by atoms with E-state index in [1.165, 1.54) is 17.0 Å². The molecule has 36 heavy (non-hydrogen) atoms. The van der Waals surface area contributed by atoms with Crippen LogP contribution in [0, 0.1) is 16.7 Å². The van der Waals surface area contributed by atoms with Crippen molar-refractivity contribution in [3.05, 3.63) is 120 Å². The van der Waals surface area contributed by atoms with Gasteiger partial charge < -0.3 is 14.5 Å². The Morgan fingerprint density at radius 3 is 1.81 bits per heavy atom. The Hall–Kier alpha value is -5.14. The second kappa shape index (κ2) is 7.69. The van der Waals surface area contributed by atoms with Gasteiger partial charge in [0, 0.05) is 39.0 Å². The maximum Gasteiger partial charge on any atom is 0.0992 e. The van der Waals surface area contributed by atoms with Gasteiger partial charge in [-0.05, 0) is 48.5 Å². The highest BCUT2D eigenvalue weighted by Crippen LogP contribution is 2.39.